The van der Waals surface area contributed by atoms with Crippen LogP contribution in [0.25, 0.3) is 22.8 Å². The molecular formula is C28H38N10O2. The maximum absolute atomic E-state index is 12.5. The van der Waals surface area contributed by atoms with Crippen LogP contribution in [0.15, 0.2) is 21.9 Å². The van der Waals surface area contributed by atoms with Crippen molar-refractivity contribution in [3.8, 4) is 22.8 Å². The molecule has 0 spiro atoms. The number of amides is 2. The van der Waals surface area contributed by atoms with Crippen molar-refractivity contribution >= 4 is 17.7 Å². The average Bonchev–Trinajstić information content (AvgIpc) is 3.57. The van der Waals surface area contributed by atoms with E-state index in [-0.39, 0.29) is 11.6 Å². The Kier molecular flexibility index (Phi) is 6.50. The minimum Gasteiger partial charge on any atom is -0.383 e. The Morgan fingerprint density at radius 3 is 2.42 bits per heavy atom. The Balaban J connectivity index is 1.32. The molecule has 40 heavy (non-hydrogen) atoms. The summed E-state index contributed by atoms with van der Waals surface area (Å²) in [6.07, 6.45) is 7.70. The number of nitrogens with one attached hydrogen (secondary N) is 1. The number of piperidine rings is 1. The van der Waals surface area contributed by atoms with Crippen LogP contribution in [0.4, 0.5) is 10.6 Å². The van der Waals surface area contributed by atoms with Crippen molar-refractivity contribution < 1.29 is 9.32 Å². The van der Waals surface area contributed by atoms with E-state index < -0.39 is 0 Å². The number of anilines is 1. The van der Waals surface area contributed by atoms with Crippen molar-refractivity contribution in [1.29, 1.82) is 0 Å². The molecule has 12 nitrogen and oxygen atoms in total. The molecule has 0 bridgehead atoms. The molecule has 0 aromatic carbocycles. The largest absolute Gasteiger partial charge is 0.383 e. The fourth-order valence-corrected chi connectivity index (χ4v) is 5.52. The number of aliphatic imine (C=N–C) groups is 1. The molecule has 2 amide bonds. The van der Waals surface area contributed by atoms with Crippen LogP contribution < -0.4 is 11.1 Å². The smallest absolute Gasteiger partial charge is 0.319 e. The van der Waals surface area contributed by atoms with Crippen LogP contribution in [0.5, 0.6) is 0 Å². The predicted octanol–water partition coefficient (Wildman–Crippen LogP) is 3.97. The lowest BCUT2D eigenvalue weighted by Crippen LogP contribution is -2.44. The molecule has 5 heterocycles. The SMILES string of the molecule is CCN(C)C(=O)N1CCC(c2cnc(-c3c(-c4nn(C(C)(C)C)c5c4C(N)=NCN5)noc3C3CC3)nc2)CC1. The van der Waals surface area contributed by atoms with Crippen LogP contribution >= 0.6 is 0 Å². The third-order valence-electron chi connectivity index (χ3n) is 8.10. The molecule has 3 aromatic rings. The van der Waals surface area contributed by atoms with Crippen molar-refractivity contribution in [2.24, 2.45) is 10.7 Å². The molecule has 0 atom stereocenters. The zero-order valence-electron chi connectivity index (χ0n) is 23.9. The summed E-state index contributed by atoms with van der Waals surface area (Å²) in [5.74, 6) is 3.22. The highest BCUT2D eigenvalue weighted by Crippen LogP contribution is 2.48. The van der Waals surface area contributed by atoms with Crippen LogP contribution in [0, 0.1) is 0 Å². The number of fused-ring (bicyclic) bond motifs is 1. The van der Waals surface area contributed by atoms with E-state index in [0.717, 1.165) is 67.0 Å². The van der Waals surface area contributed by atoms with Gasteiger partial charge in [-0.15, -0.1) is 0 Å². The van der Waals surface area contributed by atoms with E-state index in [1.165, 1.54) is 0 Å². The molecule has 3 N–H and O–H groups in total. The summed E-state index contributed by atoms with van der Waals surface area (Å²) in [5.41, 5.74) is 9.90. The Morgan fingerprint density at radius 1 is 1.10 bits per heavy atom. The van der Waals surface area contributed by atoms with Crippen molar-refractivity contribution in [2.75, 3.05) is 38.7 Å². The number of rotatable bonds is 5. The number of carbonyl (C=O) groups is 1. The maximum atomic E-state index is 12.5. The summed E-state index contributed by atoms with van der Waals surface area (Å²) in [6, 6.07) is 0.0945. The van der Waals surface area contributed by atoms with Gasteiger partial charge in [0.2, 0.25) is 0 Å². The molecule has 2 aliphatic heterocycles. The van der Waals surface area contributed by atoms with Crippen molar-refractivity contribution in [2.45, 2.75) is 70.8 Å². The number of carbonyl (C=O) groups excluding carboxylic acids is 1. The van der Waals surface area contributed by atoms with Crippen molar-refractivity contribution in [3.63, 3.8) is 0 Å². The van der Waals surface area contributed by atoms with Gasteiger partial charge in [-0.1, -0.05) is 5.16 Å². The van der Waals surface area contributed by atoms with E-state index in [1.54, 1.807) is 4.90 Å². The third-order valence-corrected chi connectivity index (χ3v) is 8.10. The van der Waals surface area contributed by atoms with E-state index in [9.17, 15) is 4.79 Å². The van der Waals surface area contributed by atoms with Gasteiger partial charge in [-0.05, 0) is 64.9 Å². The van der Waals surface area contributed by atoms with Gasteiger partial charge in [0.1, 0.15) is 29.7 Å². The second-order valence-corrected chi connectivity index (χ2v) is 12.0. The van der Waals surface area contributed by atoms with Gasteiger partial charge in [0.25, 0.3) is 0 Å². The fourth-order valence-electron chi connectivity index (χ4n) is 5.52. The van der Waals surface area contributed by atoms with Gasteiger partial charge >= 0.3 is 6.03 Å². The summed E-state index contributed by atoms with van der Waals surface area (Å²) in [4.78, 5) is 30.3. The normalized spacial score (nSPS) is 17.8. The number of aromatic nitrogens is 5. The second kappa shape index (κ2) is 9.90. The zero-order chi connectivity index (χ0) is 28.2. The van der Waals surface area contributed by atoms with Gasteiger partial charge in [0.15, 0.2) is 11.6 Å². The lowest BCUT2D eigenvalue weighted by Gasteiger charge is -2.34. The first kappa shape index (κ1) is 26.3. The number of urea groups is 1. The van der Waals surface area contributed by atoms with Gasteiger partial charge in [-0.3, -0.25) is 0 Å². The Labute approximate surface area is 234 Å². The molecule has 6 rings (SSSR count). The van der Waals surface area contributed by atoms with Gasteiger partial charge in [-0.25, -0.2) is 24.4 Å². The molecule has 0 radical (unpaired) electrons. The van der Waals surface area contributed by atoms with Crippen LogP contribution in [-0.2, 0) is 5.54 Å². The first-order valence-corrected chi connectivity index (χ1v) is 14.2. The fraction of sp³-hybridized carbons (Fsp3) is 0.571. The molecule has 3 aliphatic rings. The van der Waals surface area contributed by atoms with Crippen LogP contribution in [0.1, 0.15) is 82.1 Å². The van der Waals surface area contributed by atoms with Crippen molar-refractivity contribution in [3.05, 3.63) is 29.3 Å². The van der Waals surface area contributed by atoms with E-state index >= 15 is 0 Å². The quantitative estimate of drug-likeness (QED) is 0.489. The lowest BCUT2D eigenvalue weighted by molar-refractivity contribution is 0.150. The van der Waals surface area contributed by atoms with Crippen LogP contribution in [0.3, 0.4) is 0 Å². The minimum atomic E-state index is -0.291. The maximum Gasteiger partial charge on any atom is 0.319 e. The molecule has 1 aliphatic carbocycles. The van der Waals surface area contributed by atoms with Crippen molar-refractivity contribution in [1.82, 2.24) is 34.7 Å². The topological polar surface area (TPSA) is 144 Å². The number of likely N-dealkylation sites (tertiary alicyclic amines) is 1. The highest BCUT2D eigenvalue weighted by atomic mass is 16.5. The molecule has 3 aromatic heterocycles. The molecule has 0 unspecified atom stereocenters. The molecule has 12 heteroatoms. The Hall–Kier alpha value is -3.96. The highest BCUT2D eigenvalue weighted by molar-refractivity contribution is 6.08. The minimum absolute atomic E-state index is 0.0945. The lowest BCUT2D eigenvalue weighted by atomic mass is 9.91. The molecule has 2 fully saturated rings. The van der Waals surface area contributed by atoms with Gasteiger partial charge in [0.05, 0.1) is 16.7 Å². The van der Waals surface area contributed by atoms with Gasteiger partial charge in [-0.2, -0.15) is 5.10 Å². The van der Waals surface area contributed by atoms with E-state index in [0.29, 0.717) is 48.1 Å². The summed E-state index contributed by atoms with van der Waals surface area (Å²) < 4.78 is 7.88. The number of hydrogen-bond acceptors (Lipinski definition) is 9. The number of nitrogens with zero attached hydrogens (tertiary/aromatic N) is 8. The first-order valence-electron chi connectivity index (χ1n) is 14.2. The first-order chi connectivity index (χ1) is 19.2. The predicted molar refractivity (Wildman–Crippen MR) is 152 cm³/mol. The van der Waals surface area contributed by atoms with E-state index in [1.807, 2.05) is 35.9 Å². The summed E-state index contributed by atoms with van der Waals surface area (Å²) in [6.45, 7) is 10.8. The summed E-state index contributed by atoms with van der Waals surface area (Å²) in [5, 5.41) is 12.8. The Morgan fingerprint density at radius 2 is 1.80 bits per heavy atom. The molecular weight excluding hydrogens is 508 g/mol. The molecule has 1 saturated heterocycles. The average molecular weight is 547 g/mol. The summed E-state index contributed by atoms with van der Waals surface area (Å²) >= 11 is 0. The number of amidine groups is 1. The zero-order valence-corrected chi connectivity index (χ0v) is 23.9. The second-order valence-electron chi connectivity index (χ2n) is 12.0. The Bertz CT molecular complexity index is 1440. The summed E-state index contributed by atoms with van der Waals surface area (Å²) in [7, 11) is 1.84. The highest BCUT2D eigenvalue weighted by Gasteiger charge is 2.38. The third kappa shape index (κ3) is 4.58. The molecule has 212 valence electrons. The van der Waals surface area contributed by atoms with Crippen LogP contribution in [0.2, 0.25) is 0 Å². The van der Waals surface area contributed by atoms with Crippen LogP contribution in [-0.4, -0.2) is 79.9 Å². The number of nitrogens with two attached hydrogens (primary N) is 1. The monoisotopic (exact) mass is 546 g/mol. The van der Waals surface area contributed by atoms with Gasteiger partial charge < -0.3 is 25.4 Å². The van der Waals surface area contributed by atoms with E-state index in [2.05, 4.69) is 36.2 Å². The molecule has 1 saturated carbocycles. The van der Waals surface area contributed by atoms with Gasteiger partial charge in [0, 0.05) is 45.0 Å². The number of hydrogen-bond donors (Lipinski definition) is 2. The van der Waals surface area contributed by atoms with E-state index in [4.69, 9.17) is 25.3 Å². The standard InChI is InChI=1S/C28H38N10O2/c1-6-36(5)27(39)37-11-9-16(10-12-37)18-13-30-25(31-14-18)19-22(35-40-23(19)17-7-8-17)21-20-24(29)32-15-33-26(20)38(34-21)28(2,3)4/h13-14,16-17,33H,6-12,15H2,1-5H3,(H2,29,32).